The van der Waals surface area contributed by atoms with Crippen molar-refractivity contribution in [2.24, 2.45) is 0 Å². The van der Waals surface area contributed by atoms with Crippen molar-refractivity contribution >= 4 is 51.4 Å². The number of hydrogen-bond donors (Lipinski definition) is 1. The van der Waals surface area contributed by atoms with Crippen molar-refractivity contribution in [2.75, 3.05) is 6.26 Å². The van der Waals surface area contributed by atoms with Gasteiger partial charge in [0, 0.05) is 4.90 Å². The molecule has 9 heteroatoms. The van der Waals surface area contributed by atoms with Gasteiger partial charge in [0.1, 0.15) is 4.90 Å². The van der Waals surface area contributed by atoms with Crippen molar-refractivity contribution in [2.45, 2.75) is 16.0 Å². The maximum absolute atomic E-state index is 12.5. The summed E-state index contributed by atoms with van der Waals surface area (Å²) in [6, 6.07) is 2.90. The average Bonchev–Trinajstić information content (AvgIpc) is 2.13. The van der Waals surface area contributed by atoms with Crippen LogP contribution in [0.4, 0.5) is 13.2 Å². The summed E-state index contributed by atoms with van der Waals surface area (Å²) in [4.78, 5) is -1.23. The molecule has 0 aliphatic rings. The van der Waals surface area contributed by atoms with Crippen LogP contribution >= 0.6 is 11.8 Å². The van der Waals surface area contributed by atoms with E-state index in [1.165, 1.54) is 12.3 Å². The molecule has 0 atom stereocenters. The molecular formula is C8H8F3NaO3S2. The second kappa shape index (κ2) is 5.94. The average molecular weight is 296 g/mol. The summed E-state index contributed by atoms with van der Waals surface area (Å²) in [7, 11) is -4.90. The maximum atomic E-state index is 12.5. The van der Waals surface area contributed by atoms with Crippen LogP contribution in [0, 0.1) is 0 Å². The summed E-state index contributed by atoms with van der Waals surface area (Å²) < 4.78 is 68.2. The third kappa shape index (κ3) is 4.15. The molecule has 1 N–H and O–H groups in total. The SMILES string of the molecule is CSc1cccc(C(F)(F)F)c1S(=O)(=O)O.[NaH]. The zero-order valence-corrected chi connectivity index (χ0v) is 9.58. The Bertz CT molecular complexity index is 499. The van der Waals surface area contributed by atoms with Crippen molar-refractivity contribution in [1.29, 1.82) is 0 Å². The van der Waals surface area contributed by atoms with E-state index in [4.69, 9.17) is 4.55 Å². The van der Waals surface area contributed by atoms with E-state index in [0.29, 0.717) is 6.07 Å². The Morgan fingerprint density at radius 3 is 2.18 bits per heavy atom. The monoisotopic (exact) mass is 296 g/mol. The van der Waals surface area contributed by atoms with E-state index in [9.17, 15) is 21.6 Å². The number of thioether (sulfide) groups is 1. The van der Waals surface area contributed by atoms with Crippen LogP contribution in [0.3, 0.4) is 0 Å². The molecule has 1 aromatic carbocycles. The number of hydrogen-bond acceptors (Lipinski definition) is 3. The van der Waals surface area contributed by atoms with Gasteiger partial charge in [-0.05, 0) is 18.4 Å². The topological polar surface area (TPSA) is 54.4 Å². The molecule has 0 saturated carbocycles. The fourth-order valence-corrected chi connectivity index (χ4v) is 3.03. The van der Waals surface area contributed by atoms with Gasteiger partial charge in [0.25, 0.3) is 10.1 Å². The first-order valence-corrected chi connectivity index (χ1v) is 6.56. The summed E-state index contributed by atoms with van der Waals surface area (Å²) in [5.74, 6) is 0. The van der Waals surface area contributed by atoms with Gasteiger partial charge in [0.05, 0.1) is 5.56 Å². The Morgan fingerprint density at radius 1 is 1.29 bits per heavy atom. The van der Waals surface area contributed by atoms with E-state index in [2.05, 4.69) is 0 Å². The quantitative estimate of drug-likeness (QED) is 0.515. The van der Waals surface area contributed by atoms with Gasteiger partial charge < -0.3 is 0 Å². The molecule has 0 aliphatic carbocycles. The predicted octanol–water partition coefficient (Wildman–Crippen LogP) is 2.03. The van der Waals surface area contributed by atoms with Crippen LogP contribution in [0.25, 0.3) is 0 Å². The number of benzene rings is 1. The number of rotatable bonds is 2. The summed E-state index contributed by atoms with van der Waals surface area (Å²) in [6.07, 6.45) is -3.40. The van der Waals surface area contributed by atoms with Crippen molar-refractivity contribution in [3.05, 3.63) is 23.8 Å². The molecule has 0 heterocycles. The van der Waals surface area contributed by atoms with Gasteiger partial charge in [-0.2, -0.15) is 21.6 Å². The van der Waals surface area contributed by atoms with E-state index in [1.807, 2.05) is 0 Å². The summed E-state index contributed by atoms with van der Waals surface area (Å²) in [5.41, 5.74) is -1.36. The van der Waals surface area contributed by atoms with Gasteiger partial charge in [-0.15, -0.1) is 11.8 Å². The predicted molar refractivity (Wildman–Crippen MR) is 60.2 cm³/mol. The van der Waals surface area contributed by atoms with Gasteiger partial charge in [0.2, 0.25) is 0 Å². The van der Waals surface area contributed by atoms with Crippen LogP contribution in [0.5, 0.6) is 0 Å². The van der Waals surface area contributed by atoms with Gasteiger partial charge >= 0.3 is 35.7 Å². The van der Waals surface area contributed by atoms with Crippen LogP contribution in [0.15, 0.2) is 28.0 Å². The molecule has 92 valence electrons. The number of alkyl halides is 3. The minimum atomic E-state index is -4.90. The van der Waals surface area contributed by atoms with Crippen LogP contribution in [-0.2, 0) is 16.3 Å². The fraction of sp³-hybridized carbons (Fsp3) is 0.250. The summed E-state index contributed by atoms with van der Waals surface area (Å²) in [5, 5.41) is 0. The van der Waals surface area contributed by atoms with Crippen molar-refractivity contribution in [3.63, 3.8) is 0 Å². The molecule has 0 unspecified atom stereocenters. The van der Waals surface area contributed by atoms with Crippen molar-refractivity contribution in [1.82, 2.24) is 0 Å². The normalized spacial score (nSPS) is 12.1. The van der Waals surface area contributed by atoms with Crippen molar-refractivity contribution in [3.8, 4) is 0 Å². The summed E-state index contributed by atoms with van der Waals surface area (Å²) >= 11 is 0.813. The number of halogens is 3. The fourth-order valence-electron chi connectivity index (χ4n) is 1.17. The molecule has 0 aliphatic heterocycles. The minimum absolute atomic E-state index is 0. The second-order valence-electron chi connectivity index (χ2n) is 2.81. The van der Waals surface area contributed by atoms with Crippen LogP contribution in [0.2, 0.25) is 0 Å². The summed E-state index contributed by atoms with van der Waals surface area (Å²) in [6.45, 7) is 0. The van der Waals surface area contributed by atoms with Crippen molar-refractivity contribution < 1.29 is 26.1 Å². The zero-order valence-electron chi connectivity index (χ0n) is 7.95. The van der Waals surface area contributed by atoms with Gasteiger partial charge in [0.15, 0.2) is 0 Å². The Morgan fingerprint density at radius 2 is 1.82 bits per heavy atom. The molecule has 0 spiro atoms. The zero-order chi connectivity index (χ0) is 12.6. The molecule has 0 radical (unpaired) electrons. The van der Waals surface area contributed by atoms with E-state index in [0.717, 1.165) is 17.8 Å². The molecule has 0 amide bonds. The molecular weight excluding hydrogens is 288 g/mol. The first kappa shape index (κ1) is 17.3. The standard InChI is InChI=1S/C8H7F3O3S2.Na.H/c1-15-6-4-2-3-5(8(9,10)11)7(6)16(12,13)14;;/h2-4H,1H3,(H,12,13,14);;. The molecule has 0 aromatic heterocycles. The van der Waals surface area contributed by atoms with Crippen LogP contribution in [-0.4, -0.2) is 48.8 Å². The third-order valence-electron chi connectivity index (χ3n) is 1.76. The molecule has 1 rings (SSSR count). The van der Waals surface area contributed by atoms with E-state index in [-0.39, 0.29) is 34.5 Å². The van der Waals surface area contributed by atoms with Crippen LogP contribution < -0.4 is 0 Å². The Hall–Kier alpha value is 0.270. The molecule has 1 aromatic rings. The first-order valence-electron chi connectivity index (χ1n) is 3.89. The van der Waals surface area contributed by atoms with Crippen LogP contribution in [0.1, 0.15) is 5.56 Å². The van der Waals surface area contributed by atoms with Gasteiger partial charge in [-0.1, -0.05) is 6.07 Å². The Labute approximate surface area is 123 Å². The Balaban J connectivity index is 0.00000256. The van der Waals surface area contributed by atoms with E-state index >= 15 is 0 Å². The van der Waals surface area contributed by atoms with Gasteiger partial charge in [-0.3, -0.25) is 4.55 Å². The molecule has 17 heavy (non-hydrogen) atoms. The second-order valence-corrected chi connectivity index (χ2v) is 5.02. The Kier molecular flexibility index (Phi) is 6.04. The molecule has 0 saturated heterocycles. The van der Waals surface area contributed by atoms with E-state index < -0.39 is 26.8 Å². The molecule has 0 fully saturated rings. The molecule has 3 nitrogen and oxygen atoms in total. The first-order chi connectivity index (χ1) is 7.18. The molecule has 0 bridgehead atoms. The third-order valence-corrected chi connectivity index (χ3v) is 3.63. The van der Waals surface area contributed by atoms with E-state index in [1.54, 1.807) is 0 Å². The van der Waals surface area contributed by atoms with Gasteiger partial charge in [-0.25, -0.2) is 0 Å².